The van der Waals surface area contributed by atoms with Gasteiger partial charge in [-0.15, -0.1) is 0 Å². The van der Waals surface area contributed by atoms with E-state index in [1.165, 1.54) is 39.2 Å². The Kier molecular flexibility index (Phi) is 6.92. The van der Waals surface area contributed by atoms with Crippen molar-refractivity contribution in [2.75, 3.05) is 12.4 Å². The first-order chi connectivity index (χ1) is 13.3. The summed E-state index contributed by atoms with van der Waals surface area (Å²) in [5.74, 6) is -1.08. The number of carbonyl (C=O) groups excluding carboxylic acids is 3. The van der Waals surface area contributed by atoms with Gasteiger partial charge in [0.25, 0.3) is 5.91 Å². The number of phenols is 1. The summed E-state index contributed by atoms with van der Waals surface area (Å²) in [5.41, 5.74) is 1.52. The van der Waals surface area contributed by atoms with E-state index in [1.807, 2.05) is 0 Å². The predicted octanol–water partition coefficient (Wildman–Crippen LogP) is 3.19. The monoisotopic (exact) mass is 383 g/mol. The number of hydrogen-bond donors (Lipinski definition) is 2. The fourth-order valence-corrected chi connectivity index (χ4v) is 2.29. The van der Waals surface area contributed by atoms with Crippen molar-refractivity contribution in [2.24, 2.45) is 0 Å². The molecule has 0 fully saturated rings. The maximum absolute atomic E-state index is 12.2. The van der Waals surface area contributed by atoms with Crippen molar-refractivity contribution in [3.8, 4) is 11.5 Å². The first-order valence-electron chi connectivity index (χ1n) is 8.47. The number of esters is 1. The first kappa shape index (κ1) is 20.7. The number of ether oxygens (including phenoxy) is 2. The first-order valence-corrected chi connectivity index (χ1v) is 8.47. The third-order valence-corrected chi connectivity index (χ3v) is 3.81. The smallest absolute Gasteiger partial charge is 0.331 e. The Balaban J connectivity index is 1.95. The summed E-state index contributed by atoms with van der Waals surface area (Å²) < 4.78 is 10.1. The predicted molar refractivity (Wildman–Crippen MR) is 104 cm³/mol. The SMILES string of the molecule is COc1cc(/C=C/C(=O)O[C@@H](C)C(=O)Nc2cccc(C(C)=O)c2)ccc1O. The van der Waals surface area contributed by atoms with Crippen LogP contribution in [0.5, 0.6) is 11.5 Å². The fourth-order valence-electron chi connectivity index (χ4n) is 2.29. The van der Waals surface area contributed by atoms with Gasteiger partial charge < -0.3 is 19.9 Å². The molecule has 7 heteroatoms. The molecule has 0 saturated carbocycles. The van der Waals surface area contributed by atoms with E-state index in [1.54, 1.807) is 36.4 Å². The molecule has 7 nitrogen and oxygen atoms in total. The molecule has 0 spiro atoms. The lowest BCUT2D eigenvalue weighted by Crippen LogP contribution is -2.29. The Morgan fingerprint density at radius 3 is 2.57 bits per heavy atom. The number of phenolic OH excluding ortho intramolecular Hbond substituents is 1. The van der Waals surface area contributed by atoms with Gasteiger partial charge in [0, 0.05) is 17.3 Å². The number of ketones is 1. The average Bonchev–Trinajstić information content (AvgIpc) is 2.67. The Morgan fingerprint density at radius 1 is 1.14 bits per heavy atom. The number of Topliss-reactive ketones (excluding diaryl/α,β-unsaturated/α-hetero) is 1. The molecule has 2 aromatic rings. The molecule has 2 N–H and O–H groups in total. The van der Waals surface area contributed by atoms with Crippen LogP contribution in [0.3, 0.4) is 0 Å². The van der Waals surface area contributed by atoms with Gasteiger partial charge in [0.2, 0.25) is 0 Å². The Bertz CT molecular complexity index is 919. The van der Waals surface area contributed by atoms with Gasteiger partial charge >= 0.3 is 5.97 Å². The number of amides is 1. The van der Waals surface area contributed by atoms with Crippen LogP contribution in [0, 0.1) is 0 Å². The second kappa shape index (κ2) is 9.36. The molecule has 2 rings (SSSR count). The van der Waals surface area contributed by atoms with Gasteiger partial charge in [-0.25, -0.2) is 4.79 Å². The summed E-state index contributed by atoms with van der Waals surface area (Å²) in [6.45, 7) is 2.88. The topological polar surface area (TPSA) is 102 Å². The molecule has 0 saturated heterocycles. The van der Waals surface area contributed by atoms with Crippen molar-refractivity contribution in [3.63, 3.8) is 0 Å². The molecule has 0 unspecified atom stereocenters. The molecule has 1 atom stereocenters. The highest BCUT2D eigenvalue weighted by molar-refractivity contribution is 5.99. The Labute approximate surface area is 162 Å². The van der Waals surface area contributed by atoms with Gasteiger partial charge in [0.15, 0.2) is 23.4 Å². The van der Waals surface area contributed by atoms with Crippen LogP contribution in [-0.4, -0.2) is 36.0 Å². The molecular weight excluding hydrogens is 362 g/mol. The maximum Gasteiger partial charge on any atom is 0.331 e. The number of nitrogens with one attached hydrogen (secondary N) is 1. The summed E-state index contributed by atoms with van der Waals surface area (Å²) in [6.07, 6.45) is 1.62. The molecule has 0 aliphatic heterocycles. The van der Waals surface area contributed by atoms with E-state index in [4.69, 9.17) is 9.47 Å². The summed E-state index contributed by atoms with van der Waals surface area (Å²) in [7, 11) is 1.42. The minimum atomic E-state index is -1.03. The highest BCUT2D eigenvalue weighted by Gasteiger charge is 2.17. The van der Waals surface area contributed by atoms with Crippen LogP contribution in [0.1, 0.15) is 29.8 Å². The summed E-state index contributed by atoms with van der Waals surface area (Å²) in [4.78, 5) is 35.5. The Hall–Kier alpha value is -3.61. The van der Waals surface area contributed by atoms with E-state index in [0.29, 0.717) is 16.8 Å². The molecule has 0 heterocycles. The van der Waals surface area contributed by atoms with E-state index in [0.717, 1.165) is 0 Å². The van der Waals surface area contributed by atoms with E-state index in [9.17, 15) is 19.5 Å². The number of anilines is 1. The van der Waals surface area contributed by atoms with Gasteiger partial charge in [-0.1, -0.05) is 18.2 Å². The van der Waals surface area contributed by atoms with Gasteiger partial charge in [-0.05, 0) is 49.8 Å². The summed E-state index contributed by atoms with van der Waals surface area (Å²) in [5, 5.41) is 12.2. The van der Waals surface area contributed by atoms with Crippen molar-refractivity contribution in [2.45, 2.75) is 20.0 Å². The number of hydrogen-bond acceptors (Lipinski definition) is 6. The van der Waals surface area contributed by atoms with Gasteiger partial charge in [0.1, 0.15) is 0 Å². The second-order valence-corrected chi connectivity index (χ2v) is 5.97. The zero-order chi connectivity index (χ0) is 20.7. The molecule has 1 amide bonds. The van der Waals surface area contributed by atoms with Crippen LogP contribution in [0.15, 0.2) is 48.5 Å². The lowest BCUT2D eigenvalue weighted by molar-refractivity contribution is -0.148. The molecule has 0 aliphatic carbocycles. The van der Waals surface area contributed by atoms with Crippen LogP contribution < -0.4 is 10.1 Å². The molecule has 0 aliphatic rings. The molecule has 2 aromatic carbocycles. The van der Waals surface area contributed by atoms with Crippen LogP contribution in [0.2, 0.25) is 0 Å². The van der Waals surface area contributed by atoms with Crippen molar-refractivity contribution in [1.29, 1.82) is 0 Å². The highest BCUT2D eigenvalue weighted by atomic mass is 16.5. The quantitative estimate of drug-likeness (QED) is 0.433. The maximum atomic E-state index is 12.2. The number of methoxy groups -OCH3 is 1. The number of aromatic hydroxyl groups is 1. The minimum absolute atomic E-state index is 0.0126. The number of carbonyl (C=O) groups is 3. The Morgan fingerprint density at radius 2 is 1.89 bits per heavy atom. The van der Waals surface area contributed by atoms with Crippen molar-refractivity contribution in [3.05, 3.63) is 59.7 Å². The minimum Gasteiger partial charge on any atom is -0.504 e. The zero-order valence-electron chi connectivity index (χ0n) is 15.8. The lowest BCUT2D eigenvalue weighted by atomic mass is 10.1. The van der Waals surface area contributed by atoms with Crippen molar-refractivity contribution >= 4 is 29.4 Å². The van der Waals surface area contributed by atoms with E-state index in [-0.39, 0.29) is 17.3 Å². The molecule has 28 heavy (non-hydrogen) atoms. The van der Waals surface area contributed by atoms with Gasteiger partial charge in [-0.3, -0.25) is 9.59 Å². The van der Waals surface area contributed by atoms with E-state index >= 15 is 0 Å². The molecule has 0 aromatic heterocycles. The lowest BCUT2D eigenvalue weighted by Gasteiger charge is -2.12. The summed E-state index contributed by atoms with van der Waals surface area (Å²) in [6, 6.07) is 11.1. The fraction of sp³-hybridized carbons (Fsp3) is 0.190. The third-order valence-electron chi connectivity index (χ3n) is 3.81. The second-order valence-electron chi connectivity index (χ2n) is 5.97. The molecule has 0 bridgehead atoms. The highest BCUT2D eigenvalue weighted by Crippen LogP contribution is 2.26. The average molecular weight is 383 g/mol. The number of rotatable bonds is 7. The molecular formula is C21H21NO6. The zero-order valence-corrected chi connectivity index (χ0v) is 15.8. The van der Waals surface area contributed by atoms with Gasteiger partial charge in [0.05, 0.1) is 7.11 Å². The van der Waals surface area contributed by atoms with Crippen LogP contribution in [0.4, 0.5) is 5.69 Å². The van der Waals surface area contributed by atoms with Gasteiger partial charge in [-0.2, -0.15) is 0 Å². The largest absolute Gasteiger partial charge is 0.504 e. The third kappa shape index (κ3) is 5.70. The van der Waals surface area contributed by atoms with Crippen LogP contribution >= 0.6 is 0 Å². The van der Waals surface area contributed by atoms with Crippen LogP contribution in [0.25, 0.3) is 6.08 Å². The van der Waals surface area contributed by atoms with Crippen molar-refractivity contribution < 1.29 is 29.0 Å². The van der Waals surface area contributed by atoms with Crippen LogP contribution in [-0.2, 0) is 14.3 Å². The number of benzene rings is 2. The van der Waals surface area contributed by atoms with Crippen molar-refractivity contribution in [1.82, 2.24) is 0 Å². The van der Waals surface area contributed by atoms with E-state index < -0.39 is 18.0 Å². The molecule has 0 radical (unpaired) electrons. The summed E-state index contributed by atoms with van der Waals surface area (Å²) >= 11 is 0. The standard InChI is InChI=1S/C21H21NO6/c1-13(23)16-5-4-6-17(12-16)22-21(26)14(2)28-20(25)10-8-15-7-9-18(24)19(11-15)27-3/h4-12,14,24H,1-3H3,(H,22,26)/b10-8+/t14-/m0/s1. The molecule has 146 valence electrons. The normalized spacial score (nSPS) is 11.7. The van der Waals surface area contributed by atoms with E-state index in [2.05, 4.69) is 5.32 Å².